The van der Waals surface area contributed by atoms with E-state index < -0.39 is 33.2 Å². The van der Waals surface area contributed by atoms with Crippen LogP contribution >= 0.6 is 11.3 Å². The molecule has 1 aromatic heterocycles. The van der Waals surface area contributed by atoms with Gasteiger partial charge in [0.2, 0.25) is 0 Å². The first-order chi connectivity index (χ1) is 9.74. The molecule has 1 aromatic carbocycles. The minimum atomic E-state index is -4.07. The van der Waals surface area contributed by atoms with Crippen molar-refractivity contribution in [1.82, 2.24) is 0 Å². The number of anilines is 1. The highest BCUT2D eigenvalue weighted by Gasteiger charge is 2.20. The molecule has 0 spiro atoms. The summed E-state index contributed by atoms with van der Waals surface area (Å²) in [4.78, 5) is 0.465. The van der Waals surface area contributed by atoms with E-state index in [4.69, 9.17) is 5.11 Å². The van der Waals surface area contributed by atoms with Gasteiger partial charge in [0.05, 0.1) is 12.3 Å². The molecule has 114 valence electrons. The van der Waals surface area contributed by atoms with Gasteiger partial charge in [-0.15, -0.1) is 11.3 Å². The minimum Gasteiger partial charge on any atom is -0.391 e. The maximum atomic E-state index is 13.1. The zero-order valence-electron chi connectivity index (χ0n) is 10.7. The fourth-order valence-electron chi connectivity index (χ4n) is 1.60. The topological polar surface area (TPSA) is 66.4 Å². The Bertz CT molecular complexity index is 764. The number of aryl methyl sites for hydroxylation is 1. The van der Waals surface area contributed by atoms with Crippen molar-refractivity contribution in [2.75, 3.05) is 4.72 Å². The molecule has 1 heterocycles. The first-order valence-electron chi connectivity index (χ1n) is 5.62. The highest BCUT2D eigenvalue weighted by Crippen LogP contribution is 2.28. The number of sulfonamides is 1. The normalized spacial score (nSPS) is 11.7. The van der Waals surface area contributed by atoms with Crippen LogP contribution in [0.1, 0.15) is 10.4 Å². The van der Waals surface area contributed by atoms with Gasteiger partial charge in [-0.05, 0) is 18.6 Å². The molecule has 0 radical (unpaired) electrons. The van der Waals surface area contributed by atoms with Gasteiger partial charge in [0.15, 0.2) is 17.5 Å². The van der Waals surface area contributed by atoms with Gasteiger partial charge in [-0.3, -0.25) is 4.72 Å². The van der Waals surface area contributed by atoms with Gasteiger partial charge in [0.1, 0.15) is 4.21 Å². The second-order valence-electron chi connectivity index (χ2n) is 4.19. The Morgan fingerprint density at radius 3 is 2.24 bits per heavy atom. The zero-order valence-corrected chi connectivity index (χ0v) is 12.3. The van der Waals surface area contributed by atoms with Gasteiger partial charge in [0.25, 0.3) is 10.0 Å². The standard InChI is InChI=1S/C12H10F3NO3S2/c1-6-2-11(20-10(6)5-17)21(18,19)16-7-3-8(13)12(15)9(14)4-7/h2-4,16-17H,5H2,1H3. The van der Waals surface area contributed by atoms with E-state index in [0.717, 1.165) is 11.3 Å². The van der Waals surface area contributed by atoms with Crippen molar-refractivity contribution in [3.63, 3.8) is 0 Å². The molecular weight excluding hydrogens is 327 g/mol. The van der Waals surface area contributed by atoms with Crippen molar-refractivity contribution in [2.45, 2.75) is 17.7 Å². The van der Waals surface area contributed by atoms with E-state index in [2.05, 4.69) is 0 Å². The van der Waals surface area contributed by atoms with Crippen LogP contribution in [0.15, 0.2) is 22.4 Å². The van der Waals surface area contributed by atoms with E-state index in [9.17, 15) is 21.6 Å². The third kappa shape index (κ3) is 3.20. The lowest BCUT2D eigenvalue weighted by Gasteiger charge is -2.07. The maximum Gasteiger partial charge on any atom is 0.271 e. The number of halogens is 3. The molecule has 2 N–H and O–H groups in total. The van der Waals surface area contributed by atoms with Crippen LogP contribution in [0.3, 0.4) is 0 Å². The minimum absolute atomic E-state index is 0.116. The van der Waals surface area contributed by atoms with Crippen LogP contribution in [0.4, 0.5) is 18.9 Å². The number of hydrogen-bond acceptors (Lipinski definition) is 4. The average Bonchev–Trinajstić information content (AvgIpc) is 2.77. The lowest BCUT2D eigenvalue weighted by molar-refractivity contribution is 0.285. The average molecular weight is 337 g/mol. The van der Waals surface area contributed by atoms with Crippen molar-refractivity contribution in [3.05, 3.63) is 46.1 Å². The summed E-state index contributed by atoms with van der Waals surface area (Å²) < 4.78 is 64.9. The first-order valence-corrected chi connectivity index (χ1v) is 7.92. The molecule has 0 atom stereocenters. The van der Waals surface area contributed by atoms with Crippen molar-refractivity contribution >= 4 is 27.0 Å². The maximum absolute atomic E-state index is 13.1. The molecule has 0 aliphatic carbocycles. The predicted octanol–water partition coefficient (Wildman–Crippen LogP) is 2.77. The van der Waals surface area contributed by atoms with E-state index in [-0.39, 0.29) is 10.8 Å². The van der Waals surface area contributed by atoms with Gasteiger partial charge in [0, 0.05) is 17.0 Å². The Morgan fingerprint density at radius 1 is 1.19 bits per heavy atom. The Balaban J connectivity index is 2.37. The van der Waals surface area contributed by atoms with E-state index in [1.165, 1.54) is 6.07 Å². The Kier molecular flexibility index (Phi) is 4.26. The van der Waals surface area contributed by atoms with Crippen LogP contribution in [0.5, 0.6) is 0 Å². The summed E-state index contributed by atoms with van der Waals surface area (Å²) in [6.45, 7) is 1.31. The number of benzene rings is 1. The molecule has 0 aliphatic rings. The lowest BCUT2D eigenvalue weighted by atomic mass is 10.3. The number of rotatable bonds is 4. The van der Waals surface area contributed by atoms with Gasteiger partial charge < -0.3 is 5.11 Å². The van der Waals surface area contributed by atoms with Crippen LogP contribution in [-0.4, -0.2) is 13.5 Å². The molecule has 0 aliphatic heterocycles. The molecule has 4 nitrogen and oxygen atoms in total. The lowest BCUT2D eigenvalue weighted by Crippen LogP contribution is -2.12. The Labute approximate surface area is 122 Å². The summed E-state index contributed by atoms with van der Waals surface area (Å²) in [6, 6.07) is 2.42. The Hall–Kier alpha value is -1.58. The third-order valence-corrected chi connectivity index (χ3v) is 5.72. The number of aliphatic hydroxyl groups is 1. The number of thiophene rings is 1. The van der Waals surface area contributed by atoms with Crippen LogP contribution < -0.4 is 4.72 Å². The monoisotopic (exact) mass is 337 g/mol. The largest absolute Gasteiger partial charge is 0.391 e. The number of nitrogens with one attached hydrogen (secondary N) is 1. The highest BCUT2D eigenvalue weighted by molar-refractivity contribution is 7.94. The molecule has 0 bridgehead atoms. The molecular formula is C12H10F3NO3S2. The van der Waals surface area contributed by atoms with Crippen LogP contribution in [0.2, 0.25) is 0 Å². The summed E-state index contributed by atoms with van der Waals surface area (Å²) >= 11 is 0.835. The second kappa shape index (κ2) is 5.66. The summed E-state index contributed by atoms with van der Waals surface area (Å²) in [7, 11) is -4.07. The number of hydrogen-bond donors (Lipinski definition) is 2. The SMILES string of the molecule is Cc1cc(S(=O)(=O)Nc2cc(F)c(F)c(F)c2)sc1CO. The van der Waals surface area contributed by atoms with E-state index >= 15 is 0 Å². The summed E-state index contributed by atoms with van der Waals surface area (Å²) in [5.41, 5.74) is 0.155. The van der Waals surface area contributed by atoms with Crippen LogP contribution in [-0.2, 0) is 16.6 Å². The van der Waals surface area contributed by atoms with E-state index in [1.54, 1.807) is 6.92 Å². The van der Waals surface area contributed by atoms with Crippen LogP contribution in [0.25, 0.3) is 0 Å². The fourth-order valence-corrected chi connectivity index (χ4v) is 4.09. The van der Waals surface area contributed by atoms with Crippen molar-refractivity contribution in [1.29, 1.82) is 0 Å². The van der Waals surface area contributed by atoms with Crippen molar-refractivity contribution < 1.29 is 26.7 Å². The highest BCUT2D eigenvalue weighted by atomic mass is 32.2. The molecule has 21 heavy (non-hydrogen) atoms. The van der Waals surface area contributed by atoms with Crippen molar-refractivity contribution in [3.8, 4) is 0 Å². The van der Waals surface area contributed by atoms with Crippen molar-refractivity contribution in [2.24, 2.45) is 0 Å². The van der Waals surface area contributed by atoms with Crippen LogP contribution in [0, 0.1) is 24.4 Å². The number of aliphatic hydroxyl groups excluding tert-OH is 1. The fraction of sp³-hybridized carbons (Fsp3) is 0.167. The van der Waals surface area contributed by atoms with Gasteiger partial charge in [-0.1, -0.05) is 0 Å². The van der Waals surface area contributed by atoms with Gasteiger partial charge in [-0.25, -0.2) is 21.6 Å². The van der Waals surface area contributed by atoms with Gasteiger partial charge in [-0.2, -0.15) is 0 Å². The molecule has 2 rings (SSSR count). The predicted molar refractivity (Wildman–Crippen MR) is 72.1 cm³/mol. The molecule has 0 saturated carbocycles. The van der Waals surface area contributed by atoms with Gasteiger partial charge >= 0.3 is 0 Å². The molecule has 0 fully saturated rings. The molecule has 9 heteroatoms. The molecule has 0 unspecified atom stereocenters. The smallest absolute Gasteiger partial charge is 0.271 e. The molecule has 0 saturated heterocycles. The van der Waals surface area contributed by atoms with E-state index in [0.29, 0.717) is 22.6 Å². The zero-order chi connectivity index (χ0) is 15.8. The Morgan fingerprint density at radius 2 is 1.76 bits per heavy atom. The molecule has 0 amide bonds. The summed E-state index contributed by atoms with van der Waals surface area (Å²) in [6.07, 6.45) is 0. The summed E-state index contributed by atoms with van der Waals surface area (Å²) in [5.74, 6) is -4.66. The first kappa shape index (κ1) is 15.8. The molecule has 2 aromatic rings. The quantitative estimate of drug-likeness (QED) is 0.843. The second-order valence-corrected chi connectivity index (χ2v) is 7.24. The van der Waals surface area contributed by atoms with E-state index in [1.807, 2.05) is 4.72 Å². The summed E-state index contributed by atoms with van der Waals surface area (Å²) in [5, 5.41) is 9.04. The third-order valence-electron chi connectivity index (χ3n) is 2.64.